The van der Waals surface area contributed by atoms with Gasteiger partial charge >= 0.3 is 5.97 Å². The van der Waals surface area contributed by atoms with Gasteiger partial charge in [0, 0.05) is 29.1 Å². The van der Waals surface area contributed by atoms with E-state index in [2.05, 4.69) is 38.0 Å². The molecule has 0 radical (unpaired) electrons. The fraction of sp³-hybridized carbons (Fsp3) is 0.258. The van der Waals surface area contributed by atoms with Crippen LogP contribution in [-0.4, -0.2) is 60.4 Å². The molecule has 1 amide bonds. The number of pyridine rings is 1. The first kappa shape index (κ1) is 28.3. The van der Waals surface area contributed by atoms with Gasteiger partial charge in [-0.25, -0.2) is 5.10 Å². The van der Waals surface area contributed by atoms with Gasteiger partial charge in [-0.2, -0.15) is 5.10 Å². The van der Waals surface area contributed by atoms with Gasteiger partial charge in [0.05, 0.1) is 25.8 Å². The summed E-state index contributed by atoms with van der Waals surface area (Å²) < 4.78 is 6.71. The van der Waals surface area contributed by atoms with Crippen LogP contribution in [0.4, 0.5) is 0 Å². The van der Waals surface area contributed by atoms with E-state index in [-0.39, 0.29) is 18.3 Å². The van der Waals surface area contributed by atoms with Gasteiger partial charge in [0.25, 0.3) is 5.91 Å². The number of nitrogens with one attached hydrogen (secondary N) is 2. The van der Waals surface area contributed by atoms with Crippen LogP contribution in [0.3, 0.4) is 0 Å². The number of benzene rings is 2. The van der Waals surface area contributed by atoms with Gasteiger partial charge in [-0.05, 0) is 46.5 Å². The number of aryl methyl sites for hydroxylation is 1. The molecular weight excluding hydrogens is 532 g/mol. The van der Waals surface area contributed by atoms with Crippen molar-refractivity contribution in [2.24, 2.45) is 0 Å². The van der Waals surface area contributed by atoms with Crippen LogP contribution in [0, 0.1) is 0 Å². The number of H-pyrrole nitrogens is 1. The highest BCUT2D eigenvalue weighted by Crippen LogP contribution is 2.28. The van der Waals surface area contributed by atoms with Gasteiger partial charge in [0.1, 0.15) is 5.69 Å². The zero-order valence-electron chi connectivity index (χ0n) is 23.5. The molecule has 0 saturated carbocycles. The molecule has 0 aliphatic heterocycles. The van der Waals surface area contributed by atoms with E-state index in [1.165, 1.54) is 7.11 Å². The molecule has 0 fully saturated rings. The average Bonchev–Trinajstić information content (AvgIpc) is 3.69. The smallest absolute Gasteiger partial charge is 0.307 e. The summed E-state index contributed by atoms with van der Waals surface area (Å²) in [5, 5.41) is 21.8. The Morgan fingerprint density at radius 1 is 1.00 bits per heavy atom. The molecule has 5 aromatic rings. The molecule has 5 rings (SSSR count). The number of ether oxygens (including phenoxy) is 1. The first-order chi connectivity index (χ1) is 20.5. The predicted molar refractivity (Wildman–Crippen MR) is 156 cm³/mol. The molecule has 3 heterocycles. The average molecular weight is 565 g/mol. The second-order valence-electron chi connectivity index (χ2n) is 9.92. The number of amides is 1. The highest BCUT2D eigenvalue weighted by Gasteiger charge is 2.21. The van der Waals surface area contributed by atoms with E-state index in [0.29, 0.717) is 24.5 Å². The van der Waals surface area contributed by atoms with Gasteiger partial charge in [-0.3, -0.25) is 19.3 Å². The number of carbonyl (C=O) groups is 2. The fourth-order valence-electron chi connectivity index (χ4n) is 4.81. The Morgan fingerprint density at radius 3 is 2.48 bits per heavy atom. The molecule has 0 bridgehead atoms. The van der Waals surface area contributed by atoms with Crippen molar-refractivity contribution in [1.82, 2.24) is 40.7 Å². The van der Waals surface area contributed by atoms with E-state index in [4.69, 9.17) is 9.72 Å². The Kier molecular flexibility index (Phi) is 9.07. The van der Waals surface area contributed by atoms with Crippen molar-refractivity contribution < 1.29 is 14.3 Å². The Bertz CT molecular complexity index is 1620. The Morgan fingerprint density at radius 2 is 1.79 bits per heavy atom. The van der Waals surface area contributed by atoms with Gasteiger partial charge in [0.15, 0.2) is 5.82 Å². The summed E-state index contributed by atoms with van der Waals surface area (Å²) in [6.07, 6.45) is 4.04. The quantitative estimate of drug-likeness (QED) is 0.217. The first-order valence-corrected chi connectivity index (χ1v) is 13.8. The van der Waals surface area contributed by atoms with Crippen LogP contribution in [0.25, 0.3) is 22.6 Å². The van der Waals surface area contributed by atoms with Crippen LogP contribution < -0.4 is 5.32 Å². The molecule has 11 heteroatoms. The number of hydrogen-bond donors (Lipinski definition) is 2. The molecular formula is C31H32N8O3. The zero-order chi connectivity index (χ0) is 29.3. The molecule has 2 aromatic carbocycles. The van der Waals surface area contributed by atoms with E-state index >= 15 is 0 Å². The molecule has 42 heavy (non-hydrogen) atoms. The summed E-state index contributed by atoms with van der Waals surface area (Å²) in [6.45, 7) is 2.54. The van der Waals surface area contributed by atoms with Crippen LogP contribution in [-0.2, 0) is 28.9 Å². The van der Waals surface area contributed by atoms with Crippen molar-refractivity contribution in [2.75, 3.05) is 7.11 Å². The molecule has 0 aliphatic carbocycles. The summed E-state index contributed by atoms with van der Waals surface area (Å²) in [4.78, 5) is 30.1. The number of esters is 1. The van der Waals surface area contributed by atoms with Crippen molar-refractivity contribution in [1.29, 1.82) is 0 Å². The van der Waals surface area contributed by atoms with Crippen molar-refractivity contribution in [3.63, 3.8) is 0 Å². The lowest BCUT2D eigenvalue weighted by Crippen LogP contribution is -2.38. The summed E-state index contributed by atoms with van der Waals surface area (Å²) in [6, 6.07) is 22.9. The number of carbonyl (C=O) groups excluding carboxylic acids is 2. The number of tetrazole rings is 1. The lowest BCUT2D eigenvalue weighted by molar-refractivity contribution is -0.141. The summed E-state index contributed by atoms with van der Waals surface area (Å²) >= 11 is 0. The second kappa shape index (κ2) is 13.4. The highest BCUT2D eigenvalue weighted by molar-refractivity contribution is 5.93. The van der Waals surface area contributed by atoms with E-state index in [1.807, 2.05) is 83.7 Å². The van der Waals surface area contributed by atoms with Crippen molar-refractivity contribution in [2.45, 2.75) is 45.2 Å². The van der Waals surface area contributed by atoms with E-state index in [1.54, 1.807) is 0 Å². The molecule has 0 spiro atoms. The topological polar surface area (TPSA) is 141 Å². The highest BCUT2D eigenvalue weighted by atomic mass is 16.5. The normalized spacial score (nSPS) is 11.7. The number of aromatic amines is 1. The molecule has 11 nitrogen and oxygen atoms in total. The van der Waals surface area contributed by atoms with Crippen molar-refractivity contribution in [3.05, 3.63) is 102 Å². The van der Waals surface area contributed by atoms with E-state index in [9.17, 15) is 9.59 Å². The molecule has 214 valence electrons. The molecule has 0 aliphatic rings. The molecule has 2 N–H and O–H groups in total. The van der Waals surface area contributed by atoms with Crippen LogP contribution in [0.5, 0.6) is 0 Å². The number of rotatable bonds is 12. The molecule has 3 aromatic heterocycles. The van der Waals surface area contributed by atoms with Crippen LogP contribution >= 0.6 is 0 Å². The number of methoxy groups -OCH3 is 1. The lowest BCUT2D eigenvalue weighted by atomic mass is 10.0. The molecule has 1 atom stereocenters. The summed E-state index contributed by atoms with van der Waals surface area (Å²) in [7, 11) is 1.34. The first-order valence-electron chi connectivity index (χ1n) is 13.8. The van der Waals surface area contributed by atoms with Crippen LogP contribution in [0.15, 0.2) is 79.0 Å². The van der Waals surface area contributed by atoms with E-state index in [0.717, 1.165) is 46.5 Å². The number of hydrogen-bond acceptors (Lipinski definition) is 8. The van der Waals surface area contributed by atoms with Crippen molar-refractivity contribution >= 4 is 11.9 Å². The van der Waals surface area contributed by atoms with Gasteiger partial charge in [-0.1, -0.05) is 74.0 Å². The summed E-state index contributed by atoms with van der Waals surface area (Å²) in [5.41, 5.74) is 5.76. The minimum Gasteiger partial charge on any atom is -0.469 e. The van der Waals surface area contributed by atoms with Gasteiger partial charge in [-0.15, -0.1) is 5.10 Å². The minimum absolute atomic E-state index is 0.0632. The number of nitrogens with zero attached hydrogens (tertiary/aromatic N) is 6. The lowest BCUT2D eigenvalue weighted by Gasteiger charge is -2.17. The third kappa shape index (κ3) is 6.92. The third-order valence-electron chi connectivity index (χ3n) is 6.86. The van der Waals surface area contributed by atoms with Crippen LogP contribution in [0.2, 0.25) is 0 Å². The fourth-order valence-corrected chi connectivity index (χ4v) is 4.81. The maximum atomic E-state index is 13.3. The standard InChI is InChI=1S/C31H32N8O3/c1-3-9-24-18-28(31(41)33-23(17-29(40)42-2)16-21-10-5-4-6-11-21)36-39(24)20-22-14-15-27(32-19-22)25-12-7-8-13-26(25)30-34-37-38-35-30/h4-8,10-15,18-19,23H,3,9,16-17,20H2,1-2H3,(H,33,41)(H,34,35,37,38). The Hall–Kier alpha value is -5.19. The predicted octanol–water partition coefficient (Wildman–Crippen LogP) is 4.03. The third-order valence-corrected chi connectivity index (χ3v) is 6.86. The SMILES string of the molecule is CCCc1cc(C(=O)NC(CC(=O)OC)Cc2ccccc2)nn1Cc1ccc(-c2ccccc2-c2nnn[nH]2)nc1. The number of aromatic nitrogens is 7. The zero-order valence-corrected chi connectivity index (χ0v) is 23.5. The van der Waals surface area contributed by atoms with Crippen molar-refractivity contribution in [3.8, 4) is 22.6 Å². The second-order valence-corrected chi connectivity index (χ2v) is 9.92. The maximum absolute atomic E-state index is 13.3. The van der Waals surface area contributed by atoms with E-state index < -0.39 is 6.04 Å². The van der Waals surface area contributed by atoms with Gasteiger partial charge in [0.2, 0.25) is 0 Å². The maximum Gasteiger partial charge on any atom is 0.307 e. The molecule has 0 saturated heterocycles. The molecule has 1 unspecified atom stereocenters. The Labute approximate surface area is 243 Å². The van der Waals surface area contributed by atoms with Gasteiger partial charge < -0.3 is 10.1 Å². The Balaban J connectivity index is 1.33. The largest absolute Gasteiger partial charge is 0.469 e. The monoisotopic (exact) mass is 564 g/mol. The minimum atomic E-state index is -0.431. The summed E-state index contributed by atoms with van der Waals surface area (Å²) in [5.74, 6) is -0.145. The van der Waals surface area contributed by atoms with Crippen LogP contribution in [0.1, 0.15) is 47.1 Å².